The van der Waals surface area contributed by atoms with Crippen molar-refractivity contribution in [3.8, 4) is 0 Å². The van der Waals surface area contributed by atoms with Gasteiger partial charge >= 0.3 is 0 Å². The number of nitrogens with zero attached hydrogens (tertiary/aromatic N) is 1. The zero-order chi connectivity index (χ0) is 14.5. The first-order chi connectivity index (χ1) is 9.58. The van der Waals surface area contributed by atoms with Crippen LogP contribution in [0.4, 0.5) is 0 Å². The van der Waals surface area contributed by atoms with Gasteiger partial charge in [0, 0.05) is 30.7 Å². The number of amides is 2. The second kappa shape index (κ2) is 6.85. The Kier molecular flexibility index (Phi) is 5.14. The van der Waals surface area contributed by atoms with Gasteiger partial charge < -0.3 is 15.5 Å². The zero-order valence-corrected chi connectivity index (χ0v) is 13.0. The van der Waals surface area contributed by atoms with Crippen molar-refractivity contribution in [1.29, 1.82) is 0 Å². The lowest BCUT2D eigenvalue weighted by molar-refractivity contribution is -0.130. The lowest BCUT2D eigenvalue weighted by Gasteiger charge is -2.27. The van der Waals surface area contributed by atoms with Crippen LogP contribution in [0.25, 0.3) is 0 Å². The maximum absolute atomic E-state index is 12.1. The van der Waals surface area contributed by atoms with Crippen LogP contribution in [0.5, 0.6) is 0 Å². The molecule has 5 nitrogen and oxygen atoms in total. The van der Waals surface area contributed by atoms with Gasteiger partial charge in [-0.05, 0) is 35.0 Å². The van der Waals surface area contributed by atoms with E-state index >= 15 is 0 Å². The monoisotopic (exact) mass is 339 g/mol. The molecule has 1 aromatic rings. The molecule has 0 aromatic heterocycles. The van der Waals surface area contributed by atoms with Crippen LogP contribution in [-0.4, -0.2) is 49.4 Å². The summed E-state index contributed by atoms with van der Waals surface area (Å²) in [6.07, 6.45) is 0. The first-order valence-corrected chi connectivity index (χ1v) is 7.40. The lowest BCUT2D eigenvalue weighted by Crippen LogP contribution is -2.49. The predicted molar refractivity (Wildman–Crippen MR) is 80.7 cm³/mol. The van der Waals surface area contributed by atoms with Crippen molar-refractivity contribution in [3.63, 3.8) is 0 Å². The summed E-state index contributed by atoms with van der Waals surface area (Å²) in [5, 5.41) is 5.87. The molecule has 1 heterocycles. The Bertz CT molecular complexity index is 513. The Balaban J connectivity index is 1.91. The number of carbonyl (C=O) groups excluding carboxylic acids is 2. The topological polar surface area (TPSA) is 61.4 Å². The molecule has 1 aliphatic rings. The van der Waals surface area contributed by atoms with Gasteiger partial charge in [0.1, 0.15) is 0 Å². The third-order valence-electron chi connectivity index (χ3n) is 3.24. The van der Waals surface area contributed by atoms with Crippen LogP contribution in [0.15, 0.2) is 22.7 Å². The molecule has 0 radical (unpaired) electrons. The molecule has 0 bridgehead atoms. The molecule has 0 saturated carbocycles. The number of benzene rings is 1. The molecule has 1 aromatic carbocycles. The van der Waals surface area contributed by atoms with Crippen LogP contribution >= 0.6 is 15.9 Å². The maximum atomic E-state index is 12.1. The van der Waals surface area contributed by atoms with E-state index in [1.54, 1.807) is 11.0 Å². The van der Waals surface area contributed by atoms with Crippen molar-refractivity contribution < 1.29 is 9.59 Å². The molecule has 1 aliphatic heterocycles. The van der Waals surface area contributed by atoms with Crippen LogP contribution in [0, 0.1) is 6.92 Å². The Morgan fingerprint density at radius 3 is 2.75 bits per heavy atom. The highest BCUT2D eigenvalue weighted by atomic mass is 79.9. The van der Waals surface area contributed by atoms with E-state index in [-0.39, 0.29) is 18.4 Å². The number of aryl methyl sites for hydroxylation is 1. The molecule has 1 fully saturated rings. The quantitative estimate of drug-likeness (QED) is 0.860. The van der Waals surface area contributed by atoms with E-state index in [1.807, 2.05) is 19.1 Å². The summed E-state index contributed by atoms with van der Waals surface area (Å²) in [6, 6.07) is 5.56. The van der Waals surface area contributed by atoms with Gasteiger partial charge in [0.05, 0.1) is 12.1 Å². The largest absolute Gasteiger partial charge is 0.343 e. The van der Waals surface area contributed by atoms with E-state index in [9.17, 15) is 9.59 Å². The number of rotatable bonds is 3. The molecule has 0 unspecified atom stereocenters. The lowest BCUT2D eigenvalue weighted by atomic mass is 10.1. The fraction of sp³-hybridized carbons (Fsp3) is 0.429. The Hall–Kier alpha value is -1.40. The van der Waals surface area contributed by atoms with Gasteiger partial charge in [-0.25, -0.2) is 0 Å². The zero-order valence-electron chi connectivity index (χ0n) is 11.4. The van der Waals surface area contributed by atoms with E-state index in [1.165, 1.54) is 0 Å². The molecule has 20 heavy (non-hydrogen) atoms. The van der Waals surface area contributed by atoms with Gasteiger partial charge in [0.25, 0.3) is 5.91 Å². The van der Waals surface area contributed by atoms with Crippen LogP contribution < -0.4 is 10.6 Å². The minimum Gasteiger partial charge on any atom is -0.343 e. The second-order valence-corrected chi connectivity index (χ2v) is 5.65. The Morgan fingerprint density at radius 2 is 2.05 bits per heavy atom. The number of carbonyl (C=O) groups is 2. The minimum absolute atomic E-state index is 0.0383. The van der Waals surface area contributed by atoms with E-state index in [4.69, 9.17) is 0 Å². The molecule has 0 spiro atoms. The van der Waals surface area contributed by atoms with Crippen LogP contribution in [0.1, 0.15) is 15.9 Å². The summed E-state index contributed by atoms with van der Waals surface area (Å²) < 4.78 is 0.732. The normalized spacial score (nSPS) is 15.0. The van der Waals surface area contributed by atoms with E-state index in [0.29, 0.717) is 18.7 Å². The smallest absolute Gasteiger partial charge is 0.252 e. The molecule has 108 valence electrons. The number of hydrogen-bond acceptors (Lipinski definition) is 3. The van der Waals surface area contributed by atoms with Gasteiger partial charge in [-0.2, -0.15) is 0 Å². The van der Waals surface area contributed by atoms with Crippen molar-refractivity contribution in [2.45, 2.75) is 6.92 Å². The van der Waals surface area contributed by atoms with Crippen LogP contribution in [0.2, 0.25) is 0 Å². The van der Waals surface area contributed by atoms with E-state index in [0.717, 1.165) is 23.1 Å². The van der Waals surface area contributed by atoms with Gasteiger partial charge in [-0.3, -0.25) is 9.59 Å². The maximum Gasteiger partial charge on any atom is 0.252 e. The number of halogens is 1. The Morgan fingerprint density at radius 1 is 1.35 bits per heavy atom. The fourth-order valence-electron chi connectivity index (χ4n) is 2.09. The van der Waals surface area contributed by atoms with Crippen molar-refractivity contribution in [3.05, 3.63) is 33.8 Å². The Labute approximate surface area is 126 Å². The van der Waals surface area contributed by atoms with Crippen molar-refractivity contribution in [1.82, 2.24) is 15.5 Å². The number of hydrogen-bond donors (Lipinski definition) is 2. The van der Waals surface area contributed by atoms with Crippen LogP contribution in [0.3, 0.4) is 0 Å². The molecular weight excluding hydrogens is 322 g/mol. The molecule has 2 rings (SSSR count). The summed E-state index contributed by atoms with van der Waals surface area (Å²) >= 11 is 3.35. The second-order valence-electron chi connectivity index (χ2n) is 4.80. The molecule has 6 heteroatoms. The first kappa shape index (κ1) is 15.0. The predicted octanol–water partition coefficient (Wildman–Crippen LogP) is 0.919. The molecular formula is C14H18BrN3O2. The van der Waals surface area contributed by atoms with Crippen molar-refractivity contribution in [2.24, 2.45) is 0 Å². The molecule has 0 atom stereocenters. The number of nitrogens with one attached hydrogen (secondary N) is 2. The molecule has 2 N–H and O–H groups in total. The molecule has 0 aliphatic carbocycles. The third-order valence-corrected chi connectivity index (χ3v) is 3.93. The van der Waals surface area contributed by atoms with Crippen molar-refractivity contribution >= 4 is 27.7 Å². The summed E-state index contributed by atoms with van der Waals surface area (Å²) in [5.41, 5.74) is 1.56. The summed E-state index contributed by atoms with van der Waals surface area (Å²) in [7, 11) is 0. The first-order valence-electron chi connectivity index (χ1n) is 6.61. The summed E-state index contributed by atoms with van der Waals surface area (Å²) in [4.78, 5) is 25.8. The minimum atomic E-state index is -0.232. The highest BCUT2D eigenvalue weighted by molar-refractivity contribution is 9.10. The van der Waals surface area contributed by atoms with Gasteiger partial charge in [0.15, 0.2) is 0 Å². The fourth-order valence-corrected chi connectivity index (χ4v) is 2.52. The summed E-state index contributed by atoms with van der Waals surface area (Å²) in [6.45, 7) is 4.98. The average molecular weight is 340 g/mol. The SMILES string of the molecule is Cc1ccc(Br)c(C(=O)NCC(=O)N2CCNCC2)c1. The molecule has 1 saturated heterocycles. The van der Waals surface area contributed by atoms with E-state index < -0.39 is 0 Å². The third kappa shape index (κ3) is 3.80. The van der Waals surface area contributed by atoms with E-state index in [2.05, 4.69) is 26.6 Å². The van der Waals surface area contributed by atoms with Crippen molar-refractivity contribution in [2.75, 3.05) is 32.7 Å². The number of piperazine rings is 1. The highest BCUT2D eigenvalue weighted by Crippen LogP contribution is 2.17. The average Bonchev–Trinajstić information content (AvgIpc) is 2.47. The van der Waals surface area contributed by atoms with Crippen LogP contribution in [-0.2, 0) is 4.79 Å². The summed E-state index contributed by atoms with van der Waals surface area (Å²) in [5.74, 6) is -0.271. The molecule has 2 amide bonds. The van der Waals surface area contributed by atoms with Gasteiger partial charge in [-0.15, -0.1) is 0 Å². The van der Waals surface area contributed by atoms with Gasteiger partial charge in [-0.1, -0.05) is 11.6 Å². The highest BCUT2D eigenvalue weighted by Gasteiger charge is 2.17. The standard InChI is InChI=1S/C14H18BrN3O2/c1-10-2-3-12(15)11(8-10)14(20)17-9-13(19)18-6-4-16-5-7-18/h2-3,8,16H,4-7,9H2,1H3,(H,17,20). The van der Waals surface area contributed by atoms with Gasteiger partial charge in [0.2, 0.25) is 5.91 Å².